The zero-order chi connectivity index (χ0) is 19.6. The molecule has 5 nitrogen and oxygen atoms in total. The van der Waals surface area contributed by atoms with Gasteiger partial charge in [0.1, 0.15) is 11.6 Å². The lowest BCUT2D eigenvalue weighted by Crippen LogP contribution is -2.34. The van der Waals surface area contributed by atoms with Gasteiger partial charge in [0.2, 0.25) is 0 Å². The number of benzene rings is 1. The van der Waals surface area contributed by atoms with E-state index in [1.807, 2.05) is 13.0 Å². The summed E-state index contributed by atoms with van der Waals surface area (Å²) in [6.45, 7) is 1.85. The quantitative estimate of drug-likeness (QED) is 0.456. The van der Waals surface area contributed by atoms with Gasteiger partial charge in [0.05, 0.1) is 15.7 Å². The number of rotatable bonds is 3. The molecule has 3 rings (SSSR count). The number of pyridine rings is 1. The van der Waals surface area contributed by atoms with Crippen LogP contribution in [0.2, 0.25) is 10.0 Å². The highest BCUT2D eigenvalue weighted by molar-refractivity contribution is 9.10. The van der Waals surface area contributed by atoms with Crippen molar-refractivity contribution in [2.24, 2.45) is 0 Å². The summed E-state index contributed by atoms with van der Waals surface area (Å²) in [7, 11) is 0. The molecule has 1 amide bonds. The van der Waals surface area contributed by atoms with Gasteiger partial charge < -0.3 is 9.73 Å². The number of halogens is 3. The lowest BCUT2D eigenvalue weighted by atomic mass is 10.2. The van der Waals surface area contributed by atoms with E-state index in [-0.39, 0.29) is 10.9 Å². The Morgan fingerprint density at radius 1 is 1.19 bits per heavy atom. The van der Waals surface area contributed by atoms with Gasteiger partial charge in [-0.05, 0) is 71.5 Å². The summed E-state index contributed by atoms with van der Waals surface area (Å²) in [5.74, 6) is 0.541. The first-order chi connectivity index (χ1) is 12.8. The molecule has 0 fully saturated rings. The van der Waals surface area contributed by atoms with Gasteiger partial charge >= 0.3 is 0 Å². The third kappa shape index (κ3) is 4.68. The van der Waals surface area contributed by atoms with Crippen LogP contribution in [0.4, 0.5) is 5.82 Å². The van der Waals surface area contributed by atoms with Crippen molar-refractivity contribution < 1.29 is 9.21 Å². The molecule has 0 aliphatic carbocycles. The van der Waals surface area contributed by atoms with Gasteiger partial charge in [-0.1, -0.05) is 29.3 Å². The monoisotopic (exact) mass is 483 g/mol. The number of carbonyl (C=O) groups excluding carboxylic acids is 1. The Morgan fingerprint density at radius 2 is 1.96 bits per heavy atom. The van der Waals surface area contributed by atoms with Crippen LogP contribution < -0.4 is 10.6 Å². The van der Waals surface area contributed by atoms with Crippen molar-refractivity contribution in [2.75, 3.05) is 5.32 Å². The summed E-state index contributed by atoms with van der Waals surface area (Å²) in [6.07, 6.45) is 0. The average Bonchev–Trinajstić information content (AvgIpc) is 3.10. The Hall–Kier alpha value is -1.93. The number of hydrogen-bond acceptors (Lipinski definition) is 4. The smallest absolute Gasteiger partial charge is 0.293 e. The summed E-state index contributed by atoms with van der Waals surface area (Å²) >= 11 is 20.7. The molecule has 2 heterocycles. The van der Waals surface area contributed by atoms with E-state index < -0.39 is 5.91 Å². The number of anilines is 1. The molecule has 0 bridgehead atoms. The van der Waals surface area contributed by atoms with Gasteiger partial charge in [-0.3, -0.25) is 10.1 Å². The summed E-state index contributed by atoms with van der Waals surface area (Å²) in [6, 6.07) is 11.9. The van der Waals surface area contributed by atoms with Crippen LogP contribution in [-0.2, 0) is 0 Å². The van der Waals surface area contributed by atoms with E-state index in [2.05, 4.69) is 31.5 Å². The van der Waals surface area contributed by atoms with Crippen LogP contribution >= 0.6 is 51.3 Å². The number of amides is 1. The third-order valence-corrected chi connectivity index (χ3v) is 5.40. The van der Waals surface area contributed by atoms with Crippen molar-refractivity contribution in [2.45, 2.75) is 6.92 Å². The lowest BCUT2D eigenvalue weighted by molar-refractivity contribution is 0.0951. The van der Waals surface area contributed by atoms with Gasteiger partial charge in [-0.25, -0.2) is 4.98 Å². The molecule has 3 aromatic rings. The Balaban J connectivity index is 1.69. The van der Waals surface area contributed by atoms with E-state index in [0.717, 1.165) is 10.2 Å². The second-order valence-electron chi connectivity index (χ2n) is 5.44. The molecule has 0 unspecified atom stereocenters. The SMILES string of the molecule is Cc1nc(NC(=S)NC(=O)c2ccc(-c3cccc(Cl)c3Cl)o2)ccc1Br. The molecule has 0 saturated heterocycles. The minimum atomic E-state index is -0.495. The largest absolute Gasteiger partial charge is 0.451 e. The van der Waals surface area contributed by atoms with E-state index in [1.54, 1.807) is 30.3 Å². The van der Waals surface area contributed by atoms with Crippen LogP contribution in [0, 0.1) is 6.92 Å². The minimum Gasteiger partial charge on any atom is -0.451 e. The summed E-state index contributed by atoms with van der Waals surface area (Å²) in [4.78, 5) is 16.7. The first-order valence-corrected chi connectivity index (χ1v) is 9.60. The molecular weight excluding hydrogens is 473 g/mol. The topological polar surface area (TPSA) is 67.2 Å². The van der Waals surface area contributed by atoms with Crippen LogP contribution in [0.25, 0.3) is 11.3 Å². The van der Waals surface area contributed by atoms with Crippen LogP contribution in [0.5, 0.6) is 0 Å². The number of aromatic nitrogens is 1. The highest BCUT2D eigenvalue weighted by atomic mass is 79.9. The van der Waals surface area contributed by atoms with Crippen molar-refractivity contribution in [1.82, 2.24) is 10.3 Å². The lowest BCUT2D eigenvalue weighted by Gasteiger charge is -2.09. The summed E-state index contributed by atoms with van der Waals surface area (Å²) < 4.78 is 6.47. The first kappa shape index (κ1) is 19.8. The maximum Gasteiger partial charge on any atom is 0.293 e. The minimum absolute atomic E-state index is 0.0881. The third-order valence-electron chi connectivity index (χ3n) is 3.54. The summed E-state index contributed by atoms with van der Waals surface area (Å²) in [5.41, 5.74) is 1.39. The molecule has 1 aromatic carbocycles. The molecule has 9 heteroatoms. The number of thiocarbonyl (C=S) groups is 1. The molecule has 0 spiro atoms. The van der Waals surface area contributed by atoms with Gasteiger partial charge in [-0.2, -0.15) is 0 Å². The second-order valence-corrected chi connectivity index (χ2v) is 7.48. The molecule has 0 aliphatic heterocycles. The van der Waals surface area contributed by atoms with E-state index in [0.29, 0.717) is 27.2 Å². The maximum atomic E-state index is 12.3. The van der Waals surface area contributed by atoms with Crippen molar-refractivity contribution in [3.63, 3.8) is 0 Å². The Labute approximate surface area is 179 Å². The fourth-order valence-corrected chi connectivity index (χ4v) is 3.04. The van der Waals surface area contributed by atoms with Gasteiger partial charge in [0.25, 0.3) is 5.91 Å². The van der Waals surface area contributed by atoms with Gasteiger partial charge in [0, 0.05) is 10.0 Å². The molecule has 2 N–H and O–H groups in total. The Kier molecular flexibility index (Phi) is 6.16. The van der Waals surface area contributed by atoms with Gasteiger partial charge in [-0.15, -0.1) is 0 Å². The van der Waals surface area contributed by atoms with Crippen molar-refractivity contribution >= 4 is 68.2 Å². The van der Waals surface area contributed by atoms with Crippen LogP contribution in [-0.4, -0.2) is 16.0 Å². The number of hydrogen-bond donors (Lipinski definition) is 2. The second kappa shape index (κ2) is 8.39. The van der Waals surface area contributed by atoms with Crippen LogP contribution in [0.1, 0.15) is 16.2 Å². The molecular formula is C18H12BrCl2N3O2S. The van der Waals surface area contributed by atoms with E-state index in [4.69, 9.17) is 39.8 Å². The Bertz CT molecular complexity index is 1040. The predicted octanol–water partition coefficient (Wildman–Crippen LogP) is 5.85. The molecule has 27 heavy (non-hydrogen) atoms. The first-order valence-electron chi connectivity index (χ1n) is 7.65. The zero-order valence-corrected chi connectivity index (χ0v) is 17.8. The van der Waals surface area contributed by atoms with Crippen molar-refractivity contribution in [3.8, 4) is 11.3 Å². The molecule has 138 valence electrons. The zero-order valence-electron chi connectivity index (χ0n) is 13.8. The maximum absolute atomic E-state index is 12.3. The van der Waals surface area contributed by atoms with E-state index >= 15 is 0 Å². The van der Waals surface area contributed by atoms with Crippen molar-refractivity contribution in [1.29, 1.82) is 0 Å². The number of furan rings is 1. The standard InChI is InChI=1S/C18H12BrCl2N3O2S/c1-9-11(19)5-8-15(22-9)23-18(27)24-17(25)14-7-6-13(26-14)10-3-2-4-12(20)16(10)21/h2-8H,1H3,(H2,22,23,24,25,27). The van der Waals surface area contributed by atoms with Crippen LogP contribution in [0.15, 0.2) is 51.4 Å². The molecule has 0 saturated carbocycles. The number of aryl methyl sites for hydroxylation is 1. The molecule has 2 aromatic heterocycles. The van der Waals surface area contributed by atoms with Crippen molar-refractivity contribution in [3.05, 3.63) is 68.4 Å². The molecule has 0 aliphatic rings. The predicted molar refractivity (Wildman–Crippen MR) is 115 cm³/mol. The Morgan fingerprint density at radius 3 is 2.70 bits per heavy atom. The van der Waals surface area contributed by atoms with E-state index in [1.165, 1.54) is 6.07 Å². The average molecular weight is 485 g/mol. The molecule has 0 atom stereocenters. The number of nitrogens with one attached hydrogen (secondary N) is 2. The van der Waals surface area contributed by atoms with Gasteiger partial charge in [0.15, 0.2) is 10.9 Å². The van der Waals surface area contributed by atoms with Crippen LogP contribution in [0.3, 0.4) is 0 Å². The summed E-state index contributed by atoms with van der Waals surface area (Å²) in [5, 5.41) is 6.26. The number of nitrogens with zero attached hydrogens (tertiary/aromatic N) is 1. The highest BCUT2D eigenvalue weighted by Crippen LogP contribution is 2.34. The highest BCUT2D eigenvalue weighted by Gasteiger charge is 2.16. The molecule has 0 radical (unpaired) electrons. The fraction of sp³-hybridized carbons (Fsp3) is 0.0556. The normalized spacial score (nSPS) is 10.5. The van der Waals surface area contributed by atoms with E-state index in [9.17, 15) is 4.79 Å². The fourth-order valence-electron chi connectivity index (χ4n) is 2.22. The number of carbonyl (C=O) groups is 1.